The number of fused-ring (bicyclic) bond motifs is 2. The van der Waals surface area contributed by atoms with Gasteiger partial charge in [0.15, 0.2) is 11.6 Å². The van der Waals surface area contributed by atoms with Crippen molar-refractivity contribution in [1.29, 1.82) is 0 Å². The van der Waals surface area contributed by atoms with Crippen LogP contribution in [0.1, 0.15) is 45.2 Å². The Labute approximate surface area is 117 Å². The lowest BCUT2D eigenvalue weighted by Crippen LogP contribution is -2.20. The smallest absolute Gasteiger partial charge is 0.194 e. The Bertz CT molecular complexity index is 701. The molecule has 0 amide bonds. The molecule has 0 heterocycles. The highest BCUT2D eigenvalue weighted by Crippen LogP contribution is 2.29. The van der Waals surface area contributed by atoms with Crippen molar-refractivity contribution >= 4 is 11.6 Å². The molecule has 0 spiro atoms. The lowest BCUT2D eigenvalue weighted by atomic mass is 9.84. The van der Waals surface area contributed by atoms with Crippen LogP contribution in [0.3, 0.4) is 0 Å². The minimum atomic E-state index is -0.114. The molecule has 0 atom stereocenters. The molecule has 100 valence electrons. The number of ether oxygens (including phenoxy) is 1. The molecule has 2 aromatic carbocycles. The normalized spacial score (nSPS) is 12.8. The fourth-order valence-electron chi connectivity index (χ4n) is 2.39. The van der Waals surface area contributed by atoms with Gasteiger partial charge in [0.25, 0.3) is 0 Å². The van der Waals surface area contributed by atoms with Crippen molar-refractivity contribution < 1.29 is 14.3 Å². The van der Waals surface area contributed by atoms with Crippen LogP contribution in [0.4, 0.5) is 0 Å². The number of carbonyl (C=O) groups excluding carboxylic acids is 2. The van der Waals surface area contributed by atoms with Crippen LogP contribution >= 0.6 is 0 Å². The molecule has 3 heteroatoms. The van der Waals surface area contributed by atoms with E-state index in [1.54, 1.807) is 42.5 Å². The Morgan fingerprint density at radius 3 is 2.10 bits per heavy atom. The second-order valence-electron chi connectivity index (χ2n) is 4.76. The van der Waals surface area contributed by atoms with Crippen LogP contribution in [-0.2, 0) is 0 Å². The summed E-state index contributed by atoms with van der Waals surface area (Å²) in [6, 6.07) is 12.0. The van der Waals surface area contributed by atoms with Gasteiger partial charge in [-0.3, -0.25) is 9.59 Å². The van der Waals surface area contributed by atoms with Crippen molar-refractivity contribution in [1.82, 2.24) is 0 Å². The highest BCUT2D eigenvalue weighted by Gasteiger charge is 2.29. The molecule has 0 aliphatic heterocycles. The summed E-state index contributed by atoms with van der Waals surface area (Å²) in [7, 11) is 0. The van der Waals surface area contributed by atoms with Crippen molar-refractivity contribution in [3.8, 4) is 5.75 Å². The lowest BCUT2D eigenvalue weighted by molar-refractivity contribution is 0.0978. The summed E-state index contributed by atoms with van der Waals surface area (Å²) in [5, 5.41) is 0. The van der Waals surface area contributed by atoms with Crippen molar-refractivity contribution in [3.63, 3.8) is 0 Å². The standard InChI is InChI=1S/C17H14O3/c1-2-9-20-11-7-8-14-15(10-11)17(19)13-6-4-3-5-12(13)16(14)18/h3-8,10H,2,9H2,1H3. The van der Waals surface area contributed by atoms with Gasteiger partial charge in [-0.05, 0) is 24.6 Å². The van der Waals surface area contributed by atoms with Crippen molar-refractivity contribution in [2.45, 2.75) is 13.3 Å². The van der Waals surface area contributed by atoms with Gasteiger partial charge in [0.2, 0.25) is 0 Å². The lowest BCUT2D eigenvalue weighted by Gasteiger charge is -2.18. The maximum Gasteiger partial charge on any atom is 0.194 e. The van der Waals surface area contributed by atoms with Gasteiger partial charge in [0.1, 0.15) is 5.75 Å². The molecule has 3 nitrogen and oxygen atoms in total. The summed E-state index contributed by atoms with van der Waals surface area (Å²) in [4.78, 5) is 24.9. The first kappa shape index (κ1) is 12.6. The fourth-order valence-corrected chi connectivity index (χ4v) is 2.39. The maximum absolute atomic E-state index is 12.5. The van der Waals surface area contributed by atoms with E-state index in [4.69, 9.17) is 4.74 Å². The molecule has 20 heavy (non-hydrogen) atoms. The molecule has 3 rings (SSSR count). The number of benzene rings is 2. The summed E-state index contributed by atoms with van der Waals surface area (Å²) in [6.45, 7) is 2.61. The monoisotopic (exact) mass is 266 g/mol. The second-order valence-corrected chi connectivity index (χ2v) is 4.76. The second kappa shape index (κ2) is 4.93. The predicted octanol–water partition coefficient (Wildman–Crippen LogP) is 3.25. The van der Waals surface area contributed by atoms with Crippen LogP contribution in [0, 0.1) is 0 Å². The number of hydrogen-bond donors (Lipinski definition) is 0. The van der Waals surface area contributed by atoms with Crippen LogP contribution < -0.4 is 4.74 Å². The molecule has 0 saturated carbocycles. The van der Waals surface area contributed by atoms with Gasteiger partial charge in [-0.1, -0.05) is 31.2 Å². The van der Waals surface area contributed by atoms with E-state index in [2.05, 4.69) is 0 Å². The molecule has 1 aliphatic carbocycles. The minimum absolute atomic E-state index is 0.0998. The molecule has 0 saturated heterocycles. The highest BCUT2D eigenvalue weighted by atomic mass is 16.5. The van der Waals surface area contributed by atoms with Gasteiger partial charge in [0.05, 0.1) is 6.61 Å². The van der Waals surface area contributed by atoms with Crippen LogP contribution in [0.2, 0.25) is 0 Å². The Morgan fingerprint density at radius 1 is 0.850 bits per heavy atom. The van der Waals surface area contributed by atoms with Gasteiger partial charge in [-0.25, -0.2) is 0 Å². The van der Waals surface area contributed by atoms with Gasteiger partial charge < -0.3 is 4.74 Å². The topological polar surface area (TPSA) is 43.4 Å². The Hall–Kier alpha value is -2.42. The maximum atomic E-state index is 12.5. The van der Waals surface area contributed by atoms with E-state index in [0.29, 0.717) is 34.6 Å². The van der Waals surface area contributed by atoms with Gasteiger partial charge in [-0.15, -0.1) is 0 Å². The van der Waals surface area contributed by atoms with E-state index >= 15 is 0 Å². The van der Waals surface area contributed by atoms with Gasteiger partial charge >= 0.3 is 0 Å². The minimum Gasteiger partial charge on any atom is -0.494 e. The Kier molecular flexibility index (Phi) is 3.11. The molecule has 0 fully saturated rings. The zero-order valence-corrected chi connectivity index (χ0v) is 11.2. The summed E-state index contributed by atoms with van der Waals surface area (Å²) in [5.41, 5.74) is 1.84. The largest absolute Gasteiger partial charge is 0.494 e. The van der Waals surface area contributed by atoms with Crippen molar-refractivity contribution in [2.24, 2.45) is 0 Å². The summed E-state index contributed by atoms with van der Waals surface area (Å²) in [6.07, 6.45) is 0.896. The zero-order chi connectivity index (χ0) is 14.1. The fraction of sp³-hybridized carbons (Fsp3) is 0.176. The molecule has 0 aromatic heterocycles. The Morgan fingerprint density at radius 2 is 1.45 bits per heavy atom. The molecule has 0 bridgehead atoms. The van der Waals surface area contributed by atoms with E-state index in [1.165, 1.54) is 0 Å². The number of hydrogen-bond acceptors (Lipinski definition) is 3. The Balaban J connectivity index is 2.09. The first-order valence-electron chi connectivity index (χ1n) is 6.67. The molecular formula is C17H14O3. The molecule has 0 unspecified atom stereocenters. The molecule has 0 N–H and O–H groups in total. The van der Waals surface area contributed by atoms with E-state index in [-0.39, 0.29) is 11.6 Å². The van der Waals surface area contributed by atoms with Crippen LogP contribution in [0.25, 0.3) is 0 Å². The molecule has 0 radical (unpaired) electrons. The first-order chi connectivity index (χ1) is 9.72. The van der Waals surface area contributed by atoms with E-state index in [9.17, 15) is 9.59 Å². The van der Waals surface area contributed by atoms with Crippen molar-refractivity contribution in [3.05, 3.63) is 64.7 Å². The average Bonchev–Trinajstić information content (AvgIpc) is 2.50. The van der Waals surface area contributed by atoms with Crippen LogP contribution in [-0.4, -0.2) is 18.2 Å². The summed E-state index contributed by atoms with van der Waals surface area (Å²) >= 11 is 0. The van der Waals surface area contributed by atoms with Gasteiger partial charge in [0, 0.05) is 22.3 Å². The average molecular weight is 266 g/mol. The van der Waals surface area contributed by atoms with Crippen molar-refractivity contribution in [2.75, 3.05) is 6.61 Å². The summed E-state index contributed by atoms with van der Waals surface area (Å²) in [5.74, 6) is 0.417. The predicted molar refractivity (Wildman–Crippen MR) is 75.5 cm³/mol. The molecular weight excluding hydrogens is 252 g/mol. The number of ketones is 2. The van der Waals surface area contributed by atoms with Crippen LogP contribution in [0.15, 0.2) is 42.5 Å². The first-order valence-corrected chi connectivity index (χ1v) is 6.67. The van der Waals surface area contributed by atoms with Gasteiger partial charge in [-0.2, -0.15) is 0 Å². The third kappa shape index (κ3) is 1.92. The highest BCUT2D eigenvalue weighted by molar-refractivity contribution is 6.28. The SMILES string of the molecule is CCCOc1ccc2c(c1)C(=O)c1ccccc1C2=O. The van der Waals surface area contributed by atoms with E-state index in [1.807, 2.05) is 6.92 Å². The van der Waals surface area contributed by atoms with E-state index < -0.39 is 0 Å². The summed E-state index contributed by atoms with van der Waals surface area (Å²) < 4.78 is 5.53. The molecule has 1 aliphatic rings. The molecule has 2 aromatic rings. The zero-order valence-electron chi connectivity index (χ0n) is 11.2. The van der Waals surface area contributed by atoms with Crippen LogP contribution in [0.5, 0.6) is 5.75 Å². The third-order valence-corrected chi connectivity index (χ3v) is 3.37. The third-order valence-electron chi connectivity index (χ3n) is 3.37. The number of rotatable bonds is 3. The number of carbonyl (C=O) groups is 2. The quantitative estimate of drug-likeness (QED) is 0.731. The van der Waals surface area contributed by atoms with E-state index in [0.717, 1.165) is 6.42 Å².